The molecule has 1 aliphatic heterocycles. The molecular weight excluding hydrogens is 216 g/mol. The number of carbonyl (C=O) groups is 3. The number of esters is 3. The maximum atomic E-state index is 11.6. The molecular formula is C10H12O6. The number of carbonyl (C=O) groups excluding carboxylic acids is 3. The Kier molecular flexibility index (Phi) is 3.65. The fourth-order valence-electron chi connectivity index (χ4n) is 1.19. The van der Waals surface area contributed by atoms with Crippen LogP contribution in [0.4, 0.5) is 0 Å². The van der Waals surface area contributed by atoms with Crippen LogP contribution in [0.5, 0.6) is 0 Å². The minimum absolute atomic E-state index is 0.0748. The molecule has 16 heavy (non-hydrogen) atoms. The summed E-state index contributed by atoms with van der Waals surface area (Å²) in [5, 5.41) is 0. The van der Waals surface area contributed by atoms with Gasteiger partial charge in [-0.3, -0.25) is 0 Å². The minimum Gasteiger partial charge on any atom is -0.462 e. The van der Waals surface area contributed by atoms with Gasteiger partial charge in [0.1, 0.15) is 0 Å². The summed E-state index contributed by atoms with van der Waals surface area (Å²) >= 11 is 0. The summed E-state index contributed by atoms with van der Waals surface area (Å²) in [4.78, 5) is 34.1. The standard InChI is InChI=1S/C10H12O6/c1-3-14-8(12)10(9(13)15-4-2)6-5-7(11)16-10/h5-6H,3-4H2,1-2H3. The Hall–Kier alpha value is -1.85. The number of rotatable bonds is 4. The third-order valence-corrected chi connectivity index (χ3v) is 1.87. The van der Waals surface area contributed by atoms with Crippen molar-refractivity contribution in [2.75, 3.05) is 13.2 Å². The van der Waals surface area contributed by atoms with Crippen molar-refractivity contribution in [2.45, 2.75) is 19.4 Å². The predicted molar refractivity (Wildman–Crippen MR) is 51.2 cm³/mol. The second-order valence-electron chi connectivity index (χ2n) is 2.93. The van der Waals surface area contributed by atoms with E-state index in [1.54, 1.807) is 13.8 Å². The molecule has 88 valence electrons. The highest BCUT2D eigenvalue weighted by Gasteiger charge is 2.53. The van der Waals surface area contributed by atoms with Gasteiger partial charge in [0.15, 0.2) is 0 Å². The number of cyclic esters (lactones) is 1. The Balaban J connectivity index is 2.95. The summed E-state index contributed by atoms with van der Waals surface area (Å²) in [6, 6.07) is 0. The third-order valence-electron chi connectivity index (χ3n) is 1.87. The fraction of sp³-hybridized carbons (Fsp3) is 0.500. The van der Waals surface area contributed by atoms with Gasteiger partial charge in [-0.05, 0) is 19.9 Å². The Morgan fingerprint density at radius 1 is 1.25 bits per heavy atom. The van der Waals surface area contributed by atoms with Gasteiger partial charge >= 0.3 is 23.5 Å². The lowest BCUT2D eigenvalue weighted by Gasteiger charge is -2.21. The molecule has 0 saturated heterocycles. The molecule has 0 spiro atoms. The van der Waals surface area contributed by atoms with Crippen LogP contribution in [0, 0.1) is 0 Å². The molecule has 0 aliphatic carbocycles. The van der Waals surface area contributed by atoms with Crippen LogP contribution in [-0.2, 0) is 28.6 Å². The third kappa shape index (κ3) is 2.05. The zero-order valence-corrected chi connectivity index (χ0v) is 9.02. The molecule has 0 aromatic rings. The first-order valence-electron chi connectivity index (χ1n) is 4.83. The zero-order valence-electron chi connectivity index (χ0n) is 9.02. The highest BCUT2D eigenvalue weighted by Crippen LogP contribution is 2.23. The van der Waals surface area contributed by atoms with Crippen molar-refractivity contribution in [1.82, 2.24) is 0 Å². The molecule has 0 radical (unpaired) electrons. The van der Waals surface area contributed by atoms with Crippen LogP contribution in [0.15, 0.2) is 12.2 Å². The number of ether oxygens (including phenoxy) is 3. The predicted octanol–water partition coefficient (Wildman–Crippen LogP) is -0.0356. The Labute approximate surface area is 92.2 Å². The Morgan fingerprint density at radius 3 is 2.06 bits per heavy atom. The second kappa shape index (κ2) is 4.78. The van der Waals surface area contributed by atoms with Crippen molar-refractivity contribution < 1.29 is 28.6 Å². The summed E-state index contributed by atoms with van der Waals surface area (Å²) in [6.07, 6.45) is 2.04. The van der Waals surface area contributed by atoms with Crippen LogP contribution < -0.4 is 0 Å². The summed E-state index contributed by atoms with van der Waals surface area (Å²) in [6.45, 7) is 3.31. The summed E-state index contributed by atoms with van der Waals surface area (Å²) < 4.78 is 14.0. The van der Waals surface area contributed by atoms with Gasteiger partial charge < -0.3 is 14.2 Å². The van der Waals surface area contributed by atoms with Gasteiger partial charge in [-0.15, -0.1) is 0 Å². The molecule has 0 amide bonds. The van der Waals surface area contributed by atoms with E-state index in [1.165, 1.54) is 0 Å². The van der Waals surface area contributed by atoms with E-state index in [0.717, 1.165) is 12.2 Å². The lowest BCUT2D eigenvalue weighted by atomic mass is 10.1. The largest absolute Gasteiger partial charge is 0.462 e. The van der Waals surface area contributed by atoms with Gasteiger partial charge in [-0.25, -0.2) is 14.4 Å². The number of hydrogen-bond donors (Lipinski definition) is 0. The average Bonchev–Trinajstić information content (AvgIpc) is 2.63. The average molecular weight is 228 g/mol. The van der Waals surface area contributed by atoms with Gasteiger partial charge in [-0.2, -0.15) is 0 Å². The van der Waals surface area contributed by atoms with Crippen molar-refractivity contribution in [3.05, 3.63) is 12.2 Å². The van der Waals surface area contributed by atoms with E-state index in [2.05, 4.69) is 14.2 Å². The van der Waals surface area contributed by atoms with Crippen molar-refractivity contribution in [3.8, 4) is 0 Å². The zero-order chi connectivity index (χ0) is 12.2. The highest BCUT2D eigenvalue weighted by atomic mass is 16.6. The quantitative estimate of drug-likeness (QED) is 0.382. The van der Waals surface area contributed by atoms with E-state index >= 15 is 0 Å². The second-order valence-corrected chi connectivity index (χ2v) is 2.93. The number of hydrogen-bond acceptors (Lipinski definition) is 6. The lowest BCUT2D eigenvalue weighted by molar-refractivity contribution is -0.185. The molecule has 6 heteroatoms. The maximum Gasteiger partial charge on any atom is 0.366 e. The molecule has 0 atom stereocenters. The van der Waals surface area contributed by atoms with Crippen LogP contribution in [0.2, 0.25) is 0 Å². The van der Waals surface area contributed by atoms with Gasteiger partial charge in [-0.1, -0.05) is 0 Å². The molecule has 0 saturated carbocycles. The van der Waals surface area contributed by atoms with Crippen LogP contribution in [0.3, 0.4) is 0 Å². The van der Waals surface area contributed by atoms with Crippen molar-refractivity contribution in [1.29, 1.82) is 0 Å². The normalized spacial score (nSPS) is 16.8. The van der Waals surface area contributed by atoms with E-state index in [-0.39, 0.29) is 13.2 Å². The minimum atomic E-state index is -2.07. The first-order chi connectivity index (χ1) is 7.56. The summed E-state index contributed by atoms with van der Waals surface area (Å²) in [5.74, 6) is -2.67. The molecule has 6 nitrogen and oxygen atoms in total. The summed E-state index contributed by atoms with van der Waals surface area (Å²) in [5.41, 5.74) is -2.07. The molecule has 0 aromatic carbocycles. The van der Waals surface area contributed by atoms with E-state index in [0.29, 0.717) is 0 Å². The van der Waals surface area contributed by atoms with E-state index < -0.39 is 23.5 Å². The van der Waals surface area contributed by atoms with E-state index in [9.17, 15) is 14.4 Å². The van der Waals surface area contributed by atoms with Gasteiger partial charge in [0.2, 0.25) is 0 Å². The Morgan fingerprint density at radius 2 is 1.75 bits per heavy atom. The molecule has 0 aromatic heterocycles. The van der Waals surface area contributed by atoms with E-state index in [1.807, 2.05) is 0 Å². The molecule has 1 heterocycles. The van der Waals surface area contributed by atoms with Crippen molar-refractivity contribution in [3.63, 3.8) is 0 Å². The molecule has 0 fully saturated rings. The highest BCUT2D eigenvalue weighted by molar-refractivity contribution is 6.11. The molecule has 0 N–H and O–H groups in total. The molecule has 0 bridgehead atoms. The summed E-state index contributed by atoms with van der Waals surface area (Å²) in [7, 11) is 0. The maximum absolute atomic E-state index is 11.6. The molecule has 1 aliphatic rings. The SMILES string of the molecule is CCOC(=O)C1(C(=O)OCC)C=CC(=O)O1. The Bertz CT molecular complexity index is 325. The van der Waals surface area contributed by atoms with Crippen molar-refractivity contribution >= 4 is 17.9 Å². The smallest absolute Gasteiger partial charge is 0.366 e. The van der Waals surface area contributed by atoms with Crippen LogP contribution in [-0.4, -0.2) is 36.7 Å². The van der Waals surface area contributed by atoms with Crippen LogP contribution in [0.25, 0.3) is 0 Å². The molecule has 0 unspecified atom stereocenters. The van der Waals surface area contributed by atoms with E-state index in [4.69, 9.17) is 0 Å². The van der Waals surface area contributed by atoms with Crippen LogP contribution >= 0.6 is 0 Å². The van der Waals surface area contributed by atoms with Gasteiger partial charge in [0, 0.05) is 6.08 Å². The first kappa shape index (κ1) is 12.2. The monoisotopic (exact) mass is 228 g/mol. The van der Waals surface area contributed by atoms with Gasteiger partial charge in [0.25, 0.3) is 0 Å². The topological polar surface area (TPSA) is 78.9 Å². The van der Waals surface area contributed by atoms with Crippen LogP contribution in [0.1, 0.15) is 13.8 Å². The van der Waals surface area contributed by atoms with Crippen molar-refractivity contribution in [2.24, 2.45) is 0 Å². The molecule has 1 rings (SSSR count). The first-order valence-corrected chi connectivity index (χ1v) is 4.83. The lowest BCUT2D eigenvalue weighted by Crippen LogP contribution is -2.48. The van der Waals surface area contributed by atoms with Gasteiger partial charge in [0.05, 0.1) is 13.2 Å². The fourth-order valence-corrected chi connectivity index (χ4v) is 1.19.